The Morgan fingerprint density at radius 2 is 2.18 bits per heavy atom. The molecule has 0 bridgehead atoms. The Bertz CT molecular complexity index is 419. The summed E-state index contributed by atoms with van der Waals surface area (Å²) in [5, 5.41) is 10.9. The summed E-state index contributed by atoms with van der Waals surface area (Å²) in [5.41, 5.74) is 1.85. The molecule has 0 aliphatic heterocycles. The molecule has 1 aliphatic rings. The van der Waals surface area contributed by atoms with Crippen molar-refractivity contribution in [3.63, 3.8) is 0 Å². The molecule has 1 fully saturated rings. The molecule has 8 heteroatoms. The molecule has 1 aromatic heterocycles. The Hall–Kier alpha value is -1.96. The number of rotatable bonds is 4. The highest BCUT2D eigenvalue weighted by molar-refractivity contribution is 5.60. The molecule has 17 heavy (non-hydrogen) atoms. The van der Waals surface area contributed by atoms with E-state index >= 15 is 0 Å². The summed E-state index contributed by atoms with van der Waals surface area (Å²) in [7, 11) is 0. The largest absolute Gasteiger partial charge is 0.469 e. The monoisotopic (exact) mass is 239 g/mol. The van der Waals surface area contributed by atoms with Crippen LogP contribution in [-0.2, 0) is 0 Å². The number of nitrogens with one attached hydrogen (secondary N) is 1. The van der Waals surface area contributed by atoms with Crippen LogP contribution in [0.15, 0.2) is 6.33 Å². The molecular formula is C9H13N5O3. The predicted molar refractivity (Wildman–Crippen MR) is 59.4 cm³/mol. The third kappa shape index (κ3) is 2.41. The van der Waals surface area contributed by atoms with E-state index in [2.05, 4.69) is 15.4 Å². The van der Waals surface area contributed by atoms with E-state index in [0.29, 0.717) is 0 Å². The van der Waals surface area contributed by atoms with Gasteiger partial charge in [0.05, 0.1) is 4.92 Å². The molecule has 0 aromatic carbocycles. The molecule has 0 unspecified atom stereocenters. The third-order valence-corrected chi connectivity index (χ3v) is 2.69. The van der Waals surface area contributed by atoms with E-state index in [1.807, 2.05) is 0 Å². The number of nitro groups is 1. The van der Waals surface area contributed by atoms with Gasteiger partial charge in [0.1, 0.15) is 12.4 Å². The molecular weight excluding hydrogens is 226 g/mol. The lowest BCUT2D eigenvalue weighted by Crippen LogP contribution is -2.16. The van der Waals surface area contributed by atoms with E-state index in [-0.39, 0.29) is 23.5 Å². The van der Waals surface area contributed by atoms with Gasteiger partial charge >= 0.3 is 5.69 Å². The summed E-state index contributed by atoms with van der Waals surface area (Å²) in [5.74, 6) is 5.10. The van der Waals surface area contributed by atoms with E-state index in [0.717, 1.165) is 25.7 Å². The first-order valence-electron chi connectivity index (χ1n) is 5.35. The van der Waals surface area contributed by atoms with E-state index in [4.69, 9.17) is 10.6 Å². The van der Waals surface area contributed by atoms with Gasteiger partial charge in [-0.2, -0.15) is 4.98 Å². The van der Waals surface area contributed by atoms with Crippen LogP contribution in [0.2, 0.25) is 0 Å². The van der Waals surface area contributed by atoms with Gasteiger partial charge in [-0.05, 0) is 25.7 Å². The highest BCUT2D eigenvalue weighted by Crippen LogP contribution is 2.33. The summed E-state index contributed by atoms with van der Waals surface area (Å²) in [6, 6.07) is 0. The number of ether oxygens (including phenoxy) is 1. The molecule has 1 saturated carbocycles. The predicted octanol–water partition coefficient (Wildman–Crippen LogP) is 0.992. The van der Waals surface area contributed by atoms with Crippen molar-refractivity contribution in [2.75, 3.05) is 5.43 Å². The molecule has 0 amide bonds. The minimum absolute atomic E-state index is 0.00535. The van der Waals surface area contributed by atoms with Crippen LogP contribution >= 0.6 is 0 Å². The Morgan fingerprint density at radius 1 is 1.47 bits per heavy atom. The van der Waals surface area contributed by atoms with Crippen molar-refractivity contribution < 1.29 is 9.66 Å². The first kappa shape index (κ1) is 11.5. The van der Waals surface area contributed by atoms with Crippen LogP contribution < -0.4 is 16.0 Å². The quantitative estimate of drug-likeness (QED) is 0.457. The number of hydrogen-bond acceptors (Lipinski definition) is 7. The van der Waals surface area contributed by atoms with Crippen LogP contribution in [0.5, 0.6) is 5.88 Å². The molecule has 0 saturated heterocycles. The SMILES string of the molecule is NNc1ncnc(OC2CCCC2)c1[N+](=O)[O-]. The van der Waals surface area contributed by atoms with E-state index < -0.39 is 4.92 Å². The zero-order valence-corrected chi connectivity index (χ0v) is 9.13. The Labute approximate surface area is 97.3 Å². The maximum Gasteiger partial charge on any atom is 0.374 e. The summed E-state index contributed by atoms with van der Waals surface area (Å²) >= 11 is 0. The van der Waals surface area contributed by atoms with Crippen LogP contribution in [0, 0.1) is 10.1 Å². The maximum atomic E-state index is 10.9. The normalized spacial score (nSPS) is 15.8. The van der Waals surface area contributed by atoms with E-state index in [1.54, 1.807) is 0 Å². The fraction of sp³-hybridized carbons (Fsp3) is 0.556. The molecule has 0 atom stereocenters. The van der Waals surface area contributed by atoms with Crippen molar-refractivity contribution in [3.05, 3.63) is 16.4 Å². The van der Waals surface area contributed by atoms with Gasteiger partial charge in [0.25, 0.3) is 5.88 Å². The van der Waals surface area contributed by atoms with Gasteiger partial charge in [-0.3, -0.25) is 10.1 Å². The van der Waals surface area contributed by atoms with Crippen LogP contribution in [0.4, 0.5) is 11.5 Å². The summed E-state index contributed by atoms with van der Waals surface area (Å²) < 4.78 is 5.52. The maximum absolute atomic E-state index is 10.9. The van der Waals surface area contributed by atoms with Crippen LogP contribution in [0.3, 0.4) is 0 Å². The standard InChI is InChI=1S/C9H13N5O3/c10-13-8-7(14(15)16)9(12-5-11-8)17-6-3-1-2-4-6/h5-6H,1-4,10H2,(H,11,12,13). The number of hydrogen-bond donors (Lipinski definition) is 2. The van der Waals surface area contributed by atoms with Crippen molar-refractivity contribution in [3.8, 4) is 5.88 Å². The van der Waals surface area contributed by atoms with E-state index in [1.165, 1.54) is 6.33 Å². The molecule has 8 nitrogen and oxygen atoms in total. The van der Waals surface area contributed by atoms with Crippen LogP contribution in [0.1, 0.15) is 25.7 Å². The van der Waals surface area contributed by atoms with Crippen molar-refractivity contribution in [2.45, 2.75) is 31.8 Å². The van der Waals surface area contributed by atoms with Crippen molar-refractivity contribution in [2.24, 2.45) is 5.84 Å². The molecule has 3 N–H and O–H groups in total. The van der Waals surface area contributed by atoms with Crippen molar-refractivity contribution >= 4 is 11.5 Å². The first-order chi connectivity index (χ1) is 8.22. The lowest BCUT2D eigenvalue weighted by Gasteiger charge is -2.12. The van der Waals surface area contributed by atoms with Crippen LogP contribution in [-0.4, -0.2) is 21.0 Å². The topological polar surface area (TPSA) is 116 Å². The fourth-order valence-electron chi connectivity index (χ4n) is 1.88. The number of hydrazine groups is 1. The third-order valence-electron chi connectivity index (χ3n) is 2.69. The second-order valence-corrected chi connectivity index (χ2v) is 3.80. The van der Waals surface area contributed by atoms with Gasteiger partial charge in [0.2, 0.25) is 5.82 Å². The summed E-state index contributed by atoms with van der Waals surface area (Å²) in [4.78, 5) is 17.8. The summed E-state index contributed by atoms with van der Waals surface area (Å²) in [6.45, 7) is 0. The van der Waals surface area contributed by atoms with Gasteiger partial charge in [-0.1, -0.05) is 0 Å². The molecule has 92 valence electrons. The number of aromatic nitrogens is 2. The average molecular weight is 239 g/mol. The second-order valence-electron chi connectivity index (χ2n) is 3.80. The highest BCUT2D eigenvalue weighted by atomic mass is 16.6. The number of nitrogen functional groups attached to an aromatic ring is 1. The molecule has 0 radical (unpaired) electrons. The Kier molecular flexibility index (Phi) is 3.33. The minimum atomic E-state index is -0.598. The Balaban J connectivity index is 2.28. The van der Waals surface area contributed by atoms with Gasteiger partial charge in [0.15, 0.2) is 0 Å². The average Bonchev–Trinajstić information content (AvgIpc) is 2.81. The van der Waals surface area contributed by atoms with Crippen molar-refractivity contribution in [1.29, 1.82) is 0 Å². The smallest absolute Gasteiger partial charge is 0.374 e. The zero-order chi connectivity index (χ0) is 12.3. The Morgan fingerprint density at radius 3 is 2.76 bits per heavy atom. The highest BCUT2D eigenvalue weighted by Gasteiger charge is 2.27. The number of nitrogens with two attached hydrogens (primary N) is 1. The molecule has 1 aliphatic carbocycles. The molecule has 2 rings (SSSR count). The van der Waals surface area contributed by atoms with E-state index in [9.17, 15) is 10.1 Å². The lowest BCUT2D eigenvalue weighted by atomic mass is 10.3. The van der Waals surface area contributed by atoms with Gasteiger partial charge in [-0.15, -0.1) is 0 Å². The number of anilines is 1. The molecule has 1 aromatic rings. The minimum Gasteiger partial charge on any atom is -0.469 e. The summed E-state index contributed by atoms with van der Waals surface area (Å²) in [6.07, 6.45) is 5.12. The second kappa shape index (κ2) is 4.91. The number of nitrogens with zero attached hydrogens (tertiary/aromatic N) is 3. The van der Waals surface area contributed by atoms with Gasteiger partial charge in [0, 0.05) is 0 Å². The zero-order valence-electron chi connectivity index (χ0n) is 9.13. The van der Waals surface area contributed by atoms with Gasteiger partial charge < -0.3 is 10.2 Å². The molecule has 0 spiro atoms. The van der Waals surface area contributed by atoms with Gasteiger partial charge in [-0.25, -0.2) is 10.8 Å². The van der Waals surface area contributed by atoms with Crippen LogP contribution in [0.25, 0.3) is 0 Å². The lowest BCUT2D eigenvalue weighted by molar-refractivity contribution is -0.385. The first-order valence-corrected chi connectivity index (χ1v) is 5.35. The molecule has 1 heterocycles. The fourth-order valence-corrected chi connectivity index (χ4v) is 1.88. The van der Waals surface area contributed by atoms with Crippen molar-refractivity contribution in [1.82, 2.24) is 9.97 Å².